The highest BCUT2D eigenvalue weighted by Crippen LogP contribution is 2.33. The Morgan fingerprint density at radius 1 is 1.14 bits per heavy atom. The van der Waals surface area contributed by atoms with E-state index in [1.54, 1.807) is 7.11 Å². The summed E-state index contributed by atoms with van der Waals surface area (Å²) >= 11 is 0. The zero-order valence-corrected chi connectivity index (χ0v) is 22.0. The van der Waals surface area contributed by atoms with Crippen molar-refractivity contribution in [3.63, 3.8) is 0 Å². The molecular formula is C29H37N3O5. The SMILES string of the molecule is CCOCCCN(C)C1CCN(C(=O)c2oc3ccccc3c2NC(=O)Cc2cccc(OC)c2)CC1. The van der Waals surface area contributed by atoms with Gasteiger partial charge in [-0.25, -0.2) is 0 Å². The van der Waals surface area contributed by atoms with E-state index < -0.39 is 0 Å². The molecule has 8 heteroatoms. The lowest BCUT2D eigenvalue weighted by atomic mass is 10.0. The summed E-state index contributed by atoms with van der Waals surface area (Å²) in [5, 5.41) is 3.68. The first-order valence-corrected chi connectivity index (χ1v) is 13.0. The minimum absolute atomic E-state index is 0.158. The molecule has 1 saturated heterocycles. The summed E-state index contributed by atoms with van der Waals surface area (Å²) in [6, 6.07) is 15.2. The van der Waals surface area contributed by atoms with Gasteiger partial charge in [0, 0.05) is 44.3 Å². The minimum Gasteiger partial charge on any atom is -0.497 e. The topological polar surface area (TPSA) is 84.3 Å². The van der Waals surface area contributed by atoms with Crippen molar-refractivity contribution in [3.05, 3.63) is 59.9 Å². The van der Waals surface area contributed by atoms with E-state index in [-0.39, 0.29) is 24.0 Å². The van der Waals surface area contributed by atoms with E-state index in [9.17, 15) is 9.59 Å². The average molecular weight is 508 g/mol. The van der Waals surface area contributed by atoms with Crippen LogP contribution in [0.3, 0.4) is 0 Å². The van der Waals surface area contributed by atoms with Crippen molar-refractivity contribution in [1.82, 2.24) is 9.80 Å². The number of piperidine rings is 1. The molecular weight excluding hydrogens is 470 g/mol. The molecule has 2 heterocycles. The van der Waals surface area contributed by atoms with Crippen molar-refractivity contribution in [2.45, 2.75) is 38.6 Å². The second kappa shape index (κ2) is 12.7. The van der Waals surface area contributed by atoms with Gasteiger partial charge >= 0.3 is 0 Å². The highest BCUT2D eigenvalue weighted by atomic mass is 16.5. The summed E-state index contributed by atoms with van der Waals surface area (Å²) in [4.78, 5) is 30.8. The molecule has 0 saturated carbocycles. The van der Waals surface area contributed by atoms with E-state index in [0.717, 1.165) is 44.6 Å². The molecule has 4 rings (SSSR count). The van der Waals surface area contributed by atoms with Crippen LogP contribution in [0, 0.1) is 0 Å². The number of amides is 2. The molecule has 1 N–H and O–H groups in total. The maximum Gasteiger partial charge on any atom is 0.291 e. The van der Waals surface area contributed by atoms with Gasteiger partial charge in [0.2, 0.25) is 11.7 Å². The first kappa shape index (κ1) is 26.7. The molecule has 1 fully saturated rings. The summed E-state index contributed by atoms with van der Waals surface area (Å²) < 4.78 is 16.7. The maximum atomic E-state index is 13.6. The lowest BCUT2D eigenvalue weighted by Crippen LogP contribution is -2.46. The molecule has 37 heavy (non-hydrogen) atoms. The lowest BCUT2D eigenvalue weighted by Gasteiger charge is -2.36. The van der Waals surface area contributed by atoms with Gasteiger partial charge in [-0.1, -0.05) is 24.3 Å². The third kappa shape index (κ3) is 6.70. The standard InChI is InChI=1S/C29H37N3O5/c1-4-36-18-8-15-31(2)22-13-16-32(17-14-22)29(34)28-27(24-11-5-6-12-25(24)37-28)30-26(33)20-21-9-7-10-23(19-21)35-3/h5-7,9-12,19,22H,4,8,13-18,20H2,1-3H3,(H,30,33). The third-order valence-electron chi connectivity index (χ3n) is 6.93. The van der Waals surface area contributed by atoms with E-state index >= 15 is 0 Å². The van der Waals surface area contributed by atoms with Crippen molar-refractivity contribution < 1.29 is 23.5 Å². The molecule has 0 atom stereocenters. The number of hydrogen-bond acceptors (Lipinski definition) is 6. The molecule has 0 aliphatic carbocycles. The number of fused-ring (bicyclic) bond motifs is 1. The summed E-state index contributed by atoms with van der Waals surface area (Å²) in [5.41, 5.74) is 1.83. The van der Waals surface area contributed by atoms with Crippen LogP contribution in [-0.2, 0) is 16.0 Å². The van der Waals surface area contributed by atoms with Gasteiger partial charge in [-0.05, 0) is 63.1 Å². The molecule has 8 nitrogen and oxygen atoms in total. The molecule has 198 valence electrons. The van der Waals surface area contributed by atoms with Crippen LogP contribution >= 0.6 is 0 Å². The summed E-state index contributed by atoms with van der Waals surface area (Å²) in [7, 11) is 3.74. The molecule has 1 aromatic heterocycles. The van der Waals surface area contributed by atoms with Gasteiger partial charge in [0.25, 0.3) is 5.91 Å². The highest BCUT2D eigenvalue weighted by molar-refractivity contribution is 6.11. The van der Waals surface area contributed by atoms with Gasteiger partial charge in [-0.2, -0.15) is 0 Å². The van der Waals surface area contributed by atoms with E-state index in [1.165, 1.54) is 0 Å². The van der Waals surface area contributed by atoms with Gasteiger partial charge in [-0.15, -0.1) is 0 Å². The number of methoxy groups -OCH3 is 1. The second-order valence-corrected chi connectivity index (χ2v) is 9.43. The number of carbonyl (C=O) groups excluding carboxylic acids is 2. The summed E-state index contributed by atoms with van der Waals surface area (Å²) in [6.07, 6.45) is 2.95. The largest absolute Gasteiger partial charge is 0.497 e. The van der Waals surface area contributed by atoms with E-state index in [1.807, 2.05) is 60.4 Å². The number of rotatable bonds is 11. The van der Waals surface area contributed by atoms with Crippen LogP contribution < -0.4 is 10.1 Å². The summed E-state index contributed by atoms with van der Waals surface area (Å²) in [6.45, 7) is 5.80. The van der Waals surface area contributed by atoms with Gasteiger partial charge in [0.05, 0.1) is 13.5 Å². The Hall–Kier alpha value is -3.36. The molecule has 2 amide bonds. The van der Waals surface area contributed by atoms with Crippen LogP contribution in [0.4, 0.5) is 5.69 Å². The van der Waals surface area contributed by atoms with Crippen LogP contribution in [0.25, 0.3) is 11.0 Å². The van der Waals surface area contributed by atoms with Crippen molar-refractivity contribution in [1.29, 1.82) is 0 Å². The average Bonchev–Trinajstić information content (AvgIpc) is 3.28. The monoisotopic (exact) mass is 507 g/mol. The van der Waals surface area contributed by atoms with Crippen LogP contribution in [0.1, 0.15) is 42.3 Å². The first-order valence-electron chi connectivity index (χ1n) is 13.0. The molecule has 0 bridgehead atoms. The lowest BCUT2D eigenvalue weighted by molar-refractivity contribution is -0.115. The fraction of sp³-hybridized carbons (Fsp3) is 0.448. The predicted molar refractivity (Wildman–Crippen MR) is 144 cm³/mol. The Balaban J connectivity index is 1.44. The Labute approximate surface area is 218 Å². The van der Waals surface area contributed by atoms with Crippen molar-refractivity contribution in [3.8, 4) is 5.75 Å². The van der Waals surface area contributed by atoms with Gasteiger partial charge in [0.15, 0.2) is 0 Å². The van der Waals surface area contributed by atoms with Gasteiger partial charge in [0.1, 0.15) is 17.0 Å². The normalized spacial score (nSPS) is 14.3. The molecule has 1 aliphatic heterocycles. The molecule has 1 aliphatic rings. The number of likely N-dealkylation sites (tertiary alicyclic amines) is 1. The van der Waals surface area contributed by atoms with Gasteiger partial charge < -0.3 is 29.0 Å². The fourth-order valence-corrected chi connectivity index (χ4v) is 4.87. The Kier molecular flexibility index (Phi) is 9.19. The van der Waals surface area contributed by atoms with Crippen molar-refractivity contribution >= 4 is 28.5 Å². The van der Waals surface area contributed by atoms with Crippen LogP contribution in [0.5, 0.6) is 5.75 Å². The minimum atomic E-state index is -0.221. The molecule has 2 aromatic carbocycles. The molecule has 3 aromatic rings. The molecule has 0 spiro atoms. The summed E-state index contributed by atoms with van der Waals surface area (Å²) in [5.74, 6) is 0.466. The zero-order chi connectivity index (χ0) is 26.2. The van der Waals surface area contributed by atoms with E-state index in [0.29, 0.717) is 41.5 Å². The van der Waals surface area contributed by atoms with Crippen LogP contribution in [0.15, 0.2) is 52.9 Å². The molecule has 0 unspecified atom stereocenters. The van der Waals surface area contributed by atoms with E-state index in [4.69, 9.17) is 13.9 Å². The number of anilines is 1. The maximum absolute atomic E-state index is 13.6. The Morgan fingerprint density at radius 2 is 1.92 bits per heavy atom. The number of nitrogens with zero attached hydrogens (tertiary/aromatic N) is 2. The number of carbonyl (C=O) groups is 2. The molecule has 0 radical (unpaired) electrons. The Morgan fingerprint density at radius 3 is 2.68 bits per heavy atom. The van der Waals surface area contributed by atoms with Crippen molar-refractivity contribution in [2.24, 2.45) is 0 Å². The van der Waals surface area contributed by atoms with E-state index in [2.05, 4.69) is 17.3 Å². The number of benzene rings is 2. The van der Waals surface area contributed by atoms with Crippen LogP contribution in [-0.4, -0.2) is 74.7 Å². The highest BCUT2D eigenvalue weighted by Gasteiger charge is 2.30. The van der Waals surface area contributed by atoms with Crippen molar-refractivity contribution in [2.75, 3.05) is 52.3 Å². The smallest absolute Gasteiger partial charge is 0.291 e. The quantitative estimate of drug-likeness (QED) is 0.382. The van der Waals surface area contributed by atoms with Crippen LogP contribution in [0.2, 0.25) is 0 Å². The number of nitrogens with one attached hydrogen (secondary N) is 1. The Bertz CT molecular complexity index is 1200. The predicted octanol–water partition coefficient (Wildman–Crippen LogP) is 4.59. The fourth-order valence-electron chi connectivity index (χ4n) is 4.87. The number of furan rings is 1. The second-order valence-electron chi connectivity index (χ2n) is 9.43. The number of hydrogen-bond donors (Lipinski definition) is 1. The number of ether oxygens (including phenoxy) is 2. The first-order chi connectivity index (χ1) is 18.0. The number of para-hydroxylation sites is 1. The zero-order valence-electron chi connectivity index (χ0n) is 22.0. The van der Waals surface area contributed by atoms with Gasteiger partial charge in [-0.3, -0.25) is 9.59 Å². The third-order valence-corrected chi connectivity index (χ3v) is 6.93.